The lowest BCUT2D eigenvalue weighted by Gasteiger charge is -2.17. The molecule has 0 aliphatic carbocycles. The minimum atomic E-state index is -0.755. The largest absolute Gasteiger partial charge is 0.379 e. The van der Waals surface area contributed by atoms with E-state index in [4.69, 9.17) is 16.3 Å². The second-order valence-electron chi connectivity index (χ2n) is 7.66. The minimum absolute atomic E-state index is 0.0689. The molecule has 0 fully saturated rings. The highest BCUT2D eigenvalue weighted by Gasteiger charge is 2.21. The zero-order valence-corrected chi connectivity index (χ0v) is 20.0. The SMILES string of the molecule is CC(C)OCCCn1c(SC(C)C(=O)Nc2cc(F)ccc2F)nc2cc(Cl)ccc2c1=O. The summed E-state index contributed by atoms with van der Waals surface area (Å²) in [7, 11) is 0. The summed E-state index contributed by atoms with van der Waals surface area (Å²) in [6.45, 7) is 6.25. The summed E-state index contributed by atoms with van der Waals surface area (Å²) in [5, 5.41) is 2.79. The van der Waals surface area contributed by atoms with E-state index in [-0.39, 0.29) is 17.4 Å². The number of hydrogen-bond donors (Lipinski definition) is 1. The van der Waals surface area contributed by atoms with Gasteiger partial charge in [0.05, 0.1) is 27.9 Å². The summed E-state index contributed by atoms with van der Waals surface area (Å²) in [5.41, 5.74) is -0.102. The van der Waals surface area contributed by atoms with Gasteiger partial charge in [-0.2, -0.15) is 0 Å². The number of carbonyl (C=O) groups excluding carboxylic acids is 1. The summed E-state index contributed by atoms with van der Waals surface area (Å²) < 4.78 is 34.4. The Labute approximate surface area is 199 Å². The molecule has 1 amide bonds. The molecule has 1 heterocycles. The van der Waals surface area contributed by atoms with Crippen molar-refractivity contribution in [1.29, 1.82) is 0 Å². The first-order chi connectivity index (χ1) is 15.7. The van der Waals surface area contributed by atoms with E-state index in [0.29, 0.717) is 40.7 Å². The van der Waals surface area contributed by atoms with Crippen molar-refractivity contribution in [2.45, 2.75) is 50.2 Å². The zero-order chi connectivity index (χ0) is 24.1. The van der Waals surface area contributed by atoms with Gasteiger partial charge in [-0.15, -0.1) is 0 Å². The molecule has 1 unspecified atom stereocenters. The maximum atomic E-state index is 13.9. The second kappa shape index (κ2) is 11.1. The van der Waals surface area contributed by atoms with E-state index < -0.39 is 22.8 Å². The van der Waals surface area contributed by atoms with Gasteiger partial charge < -0.3 is 10.1 Å². The topological polar surface area (TPSA) is 73.2 Å². The zero-order valence-electron chi connectivity index (χ0n) is 18.4. The molecule has 1 atom stereocenters. The van der Waals surface area contributed by atoms with E-state index in [2.05, 4.69) is 10.3 Å². The van der Waals surface area contributed by atoms with Gasteiger partial charge >= 0.3 is 0 Å². The molecule has 1 N–H and O–H groups in total. The lowest BCUT2D eigenvalue weighted by molar-refractivity contribution is -0.115. The molecule has 10 heteroatoms. The van der Waals surface area contributed by atoms with Gasteiger partial charge in [0, 0.05) is 24.2 Å². The molecular formula is C23H24ClF2N3O3S. The molecule has 2 aromatic carbocycles. The first-order valence-corrected chi connectivity index (χ1v) is 11.7. The lowest BCUT2D eigenvalue weighted by Crippen LogP contribution is -2.27. The number of anilines is 1. The van der Waals surface area contributed by atoms with Gasteiger partial charge in [-0.1, -0.05) is 23.4 Å². The summed E-state index contributed by atoms with van der Waals surface area (Å²) in [5.74, 6) is -1.97. The summed E-state index contributed by atoms with van der Waals surface area (Å²) in [6.07, 6.45) is 0.640. The first kappa shape index (κ1) is 25.1. The number of amides is 1. The number of fused-ring (bicyclic) bond motifs is 1. The molecule has 0 aliphatic rings. The Morgan fingerprint density at radius 3 is 2.70 bits per heavy atom. The average Bonchev–Trinajstić information content (AvgIpc) is 2.75. The number of thioether (sulfide) groups is 1. The van der Waals surface area contributed by atoms with Crippen LogP contribution < -0.4 is 10.9 Å². The Kier molecular flexibility index (Phi) is 8.45. The lowest BCUT2D eigenvalue weighted by atomic mass is 10.2. The molecule has 33 heavy (non-hydrogen) atoms. The van der Waals surface area contributed by atoms with Gasteiger partial charge in [0.15, 0.2) is 5.16 Å². The molecule has 3 rings (SSSR count). The van der Waals surface area contributed by atoms with Crippen molar-refractivity contribution < 1.29 is 18.3 Å². The average molecular weight is 496 g/mol. The number of nitrogens with zero attached hydrogens (tertiary/aromatic N) is 2. The predicted octanol–water partition coefficient (Wildman–Crippen LogP) is 5.26. The van der Waals surface area contributed by atoms with Crippen molar-refractivity contribution in [2.24, 2.45) is 0 Å². The number of ether oxygens (including phenoxy) is 1. The van der Waals surface area contributed by atoms with Gasteiger partial charge in [-0.3, -0.25) is 14.2 Å². The van der Waals surface area contributed by atoms with Gasteiger partial charge in [0.1, 0.15) is 11.6 Å². The van der Waals surface area contributed by atoms with Crippen LogP contribution in [0.4, 0.5) is 14.5 Å². The molecule has 0 spiro atoms. The van der Waals surface area contributed by atoms with Crippen LogP contribution in [0, 0.1) is 11.6 Å². The molecule has 6 nitrogen and oxygen atoms in total. The molecule has 0 aliphatic heterocycles. The molecule has 0 radical (unpaired) electrons. The third-order valence-corrected chi connectivity index (χ3v) is 6.02. The Balaban J connectivity index is 1.87. The molecule has 0 bridgehead atoms. The molecular weight excluding hydrogens is 472 g/mol. The fourth-order valence-electron chi connectivity index (χ4n) is 3.04. The normalized spacial score (nSPS) is 12.3. The van der Waals surface area contributed by atoms with E-state index in [1.165, 1.54) is 4.57 Å². The third-order valence-electron chi connectivity index (χ3n) is 4.70. The van der Waals surface area contributed by atoms with Crippen LogP contribution in [0.5, 0.6) is 0 Å². The number of carbonyl (C=O) groups is 1. The Bertz CT molecular complexity index is 1220. The number of hydrogen-bond acceptors (Lipinski definition) is 5. The highest BCUT2D eigenvalue weighted by molar-refractivity contribution is 8.00. The van der Waals surface area contributed by atoms with E-state index >= 15 is 0 Å². The van der Waals surface area contributed by atoms with Crippen LogP contribution in [0.1, 0.15) is 27.2 Å². The summed E-state index contributed by atoms with van der Waals surface area (Å²) in [4.78, 5) is 30.4. The molecule has 0 saturated carbocycles. The second-order valence-corrected chi connectivity index (χ2v) is 9.40. The van der Waals surface area contributed by atoms with Crippen LogP contribution in [0.2, 0.25) is 5.02 Å². The molecule has 176 valence electrons. The quantitative estimate of drug-likeness (QED) is 0.249. The Morgan fingerprint density at radius 1 is 1.21 bits per heavy atom. The van der Waals surface area contributed by atoms with Crippen LogP contribution in [0.25, 0.3) is 10.9 Å². The van der Waals surface area contributed by atoms with Gasteiger partial charge in [0.25, 0.3) is 5.56 Å². The standard InChI is InChI=1S/C23H24ClF2N3O3S/c1-13(2)32-10-4-9-29-22(31)17-7-5-15(24)11-19(17)28-23(29)33-14(3)21(30)27-20-12-16(25)6-8-18(20)26/h5-8,11-14H,4,9-10H2,1-3H3,(H,27,30). The van der Waals surface area contributed by atoms with E-state index in [1.807, 2.05) is 13.8 Å². The number of halogens is 3. The minimum Gasteiger partial charge on any atom is -0.379 e. The van der Waals surface area contributed by atoms with Crippen molar-refractivity contribution >= 4 is 45.9 Å². The van der Waals surface area contributed by atoms with Crippen molar-refractivity contribution in [3.63, 3.8) is 0 Å². The van der Waals surface area contributed by atoms with Gasteiger partial charge in [-0.25, -0.2) is 13.8 Å². The van der Waals surface area contributed by atoms with Crippen molar-refractivity contribution in [2.75, 3.05) is 11.9 Å². The first-order valence-electron chi connectivity index (χ1n) is 10.4. The van der Waals surface area contributed by atoms with E-state index in [1.54, 1.807) is 25.1 Å². The van der Waals surface area contributed by atoms with Crippen molar-refractivity contribution in [1.82, 2.24) is 9.55 Å². The number of nitrogens with one attached hydrogen (secondary N) is 1. The highest BCUT2D eigenvalue weighted by Crippen LogP contribution is 2.25. The summed E-state index contributed by atoms with van der Waals surface area (Å²) >= 11 is 7.11. The van der Waals surface area contributed by atoms with Gasteiger partial charge in [0.2, 0.25) is 5.91 Å². The smallest absolute Gasteiger partial charge is 0.262 e. The van der Waals surface area contributed by atoms with Crippen molar-refractivity contribution in [3.05, 3.63) is 63.4 Å². The number of rotatable bonds is 9. The monoisotopic (exact) mass is 495 g/mol. The van der Waals surface area contributed by atoms with E-state index in [0.717, 1.165) is 30.0 Å². The number of benzene rings is 2. The Hall–Kier alpha value is -2.49. The van der Waals surface area contributed by atoms with Crippen LogP contribution in [0.3, 0.4) is 0 Å². The molecule has 1 aromatic heterocycles. The maximum Gasteiger partial charge on any atom is 0.262 e. The van der Waals surface area contributed by atoms with Crippen LogP contribution in [-0.2, 0) is 16.1 Å². The maximum absolute atomic E-state index is 13.9. The predicted molar refractivity (Wildman–Crippen MR) is 127 cm³/mol. The third kappa shape index (κ3) is 6.52. The highest BCUT2D eigenvalue weighted by atomic mass is 35.5. The van der Waals surface area contributed by atoms with Crippen LogP contribution in [0.15, 0.2) is 46.3 Å². The molecule has 0 saturated heterocycles. The Morgan fingerprint density at radius 2 is 1.97 bits per heavy atom. The summed E-state index contributed by atoms with van der Waals surface area (Å²) in [6, 6.07) is 7.64. The fraction of sp³-hybridized carbons (Fsp3) is 0.348. The van der Waals surface area contributed by atoms with E-state index in [9.17, 15) is 18.4 Å². The fourth-order valence-corrected chi connectivity index (χ4v) is 4.14. The van der Waals surface area contributed by atoms with Crippen molar-refractivity contribution in [3.8, 4) is 0 Å². The van der Waals surface area contributed by atoms with Crippen LogP contribution >= 0.6 is 23.4 Å². The van der Waals surface area contributed by atoms with Gasteiger partial charge in [-0.05, 0) is 57.5 Å². The van der Waals surface area contributed by atoms with Crippen LogP contribution in [-0.4, -0.2) is 33.4 Å². The number of aromatic nitrogens is 2. The molecule has 3 aromatic rings.